The maximum absolute atomic E-state index is 14.3. The van der Waals surface area contributed by atoms with Gasteiger partial charge < -0.3 is 14.8 Å². The van der Waals surface area contributed by atoms with E-state index in [-0.39, 0.29) is 28.3 Å². The Morgan fingerprint density at radius 1 is 1.31 bits per heavy atom. The molecule has 0 atom stereocenters. The number of nitrogens with zero attached hydrogens (tertiary/aromatic N) is 3. The highest BCUT2D eigenvalue weighted by molar-refractivity contribution is 6.04. The zero-order chi connectivity index (χ0) is 20.4. The van der Waals surface area contributed by atoms with Crippen LogP contribution >= 0.6 is 0 Å². The first-order valence-electron chi connectivity index (χ1n) is 9.47. The quantitative estimate of drug-likeness (QED) is 0.733. The number of nitrogens with one attached hydrogen (secondary N) is 1. The van der Waals surface area contributed by atoms with Crippen LogP contribution in [-0.2, 0) is 10.2 Å². The number of anilines is 1. The minimum atomic E-state index is -0.571. The second-order valence-electron chi connectivity index (χ2n) is 8.26. The lowest BCUT2D eigenvalue weighted by atomic mass is 9.62. The average Bonchev–Trinajstić information content (AvgIpc) is 3.34. The van der Waals surface area contributed by atoms with E-state index in [1.807, 2.05) is 6.20 Å². The molecule has 3 aliphatic rings. The molecule has 2 saturated heterocycles. The molecule has 0 radical (unpaired) electrons. The number of imidazole rings is 1. The van der Waals surface area contributed by atoms with Gasteiger partial charge in [-0.1, -0.05) is 12.1 Å². The molecule has 1 aromatic carbocycles. The van der Waals surface area contributed by atoms with Gasteiger partial charge in [-0.2, -0.15) is 4.98 Å². The van der Waals surface area contributed by atoms with Crippen LogP contribution in [0.4, 0.5) is 10.2 Å². The number of rotatable bonds is 4. The smallest absolute Gasteiger partial charge is 0.260 e. The summed E-state index contributed by atoms with van der Waals surface area (Å²) in [4.78, 5) is 21.6. The number of halogens is 1. The predicted octanol–water partition coefficient (Wildman–Crippen LogP) is 3.26. The summed E-state index contributed by atoms with van der Waals surface area (Å²) in [6.45, 7) is 4.39. The highest BCUT2D eigenvalue weighted by Crippen LogP contribution is 2.58. The highest BCUT2D eigenvalue weighted by Gasteiger charge is 2.61. The van der Waals surface area contributed by atoms with Crippen molar-refractivity contribution in [1.82, 2.24) is 14.4 Å². The summed E-state index contributed by atoms with van der Waals surface area (Å²) in [5.74, 6) is -0.576. The summed E-state index contributed by atoms with van der Waals surface area (Å²) in [5, 5.41) is 2.65. The van der Waals surface area contributed by atoms with E-state index < -0.39 is 11.7 Å². The summed E-state index contributed by atoms with van der Waals surface area (Å²) in [6.07, 6.45) is 5.46. The summed E-state index contributed by atoms with van der Waals surface area (Å²) in [7, 11) is 1.50. The van der Waals surface area contributed by atoms with Crippen LogP contribution in [0.3, 0.4) is 0 Å². The molecular formula is C21H21FN4O3. The van der Waals surface area contributed by atoms with Gasteiger partial charge in [0, 0.05) is 11.6 Å². The van der Waals surface area contributed by atoms with Crippen molar-refractivity contribution in [3.63, 3.8) is 0 Å². The largest absolute Gasteiger partial charge is 0.478 e. The summed E-state index contributed by atoms with van der Waals surface area (Å²) in [6, 6.07) is 4.70. The van der Waals surface area contributed by atoms with E-state index in [0.29, 0.717) is 17.8 Å². The van der Waals surface area contributed by atoms with Crippen molar-refractivity contribution in [1.29, 1.82) is 0 Å². The second-order valence-corrected chi connectivity index (χ2v) is 8.26. The number of carbonyl (C=O) groups is 1. The Labute approximate surface area is 166 Å². The molecule has 3 aromatic rings. The SMILES string of the molecule is COc1nc(NC(=O)c2cccc(C)c2F)cn2cc(C34COC(C)(C3)C4)nc12. The van der Waals surface area contributed by atoms with Crippen molar-refractivity contribution >= 4 is 17.4 Å². The number of aromatic nitrogens is 3. The summed E-state index contributed by atoms with van der Waals surface area (Å²) >= 11 is 0. The number of aryl methyl sites for hydroxylation is 1. The van der Waals surface area contributed by atoms with Gasteiger partial charge in [0.1, 0.15) is 5.82 Å². The molecule has 1 saturated carbocycles. The van der Waals surface area contributed by atoms with Crippen LogP contribution in [0.1, 0.15) is 41.4 Å². The van der Waals surface area contributed by atoms with Gasteiger partial charge in [-0.05, 0) is 38.3 Å². The van der Waals surface area contributed by atoms with Crippen molar-refractivity contribution in [2.45, 2.75) is 37.7 Å². The highest BCUT2D eigenvalue weighted by atomic mass is 19.1. The van der Waals surface area contributed by atoms with E-state index in [0.717, 1.165) is 18.5 Å². The normalized spacial score (nSPS) is 25.1. The van der Waals surface area contributed by atoms with Gasteiger partial charge in [-0.3, -0.25) is 9.20 Å². The molecule has 2 aliphatic heterocycles. The Hall–Kier alpha value is -3.00. The number of methoxy groups -OCH3 is 1. The monoisotopic (exact) mass is 396 g/mol. The first kappa shape index (κ1) is 18.1. The Morgan fingerprint density at radius 3 is 2.79 bits per heavy atom. The zero-order valence-electron chi connectivity index (χ0n) is 16.5. The third-order valence-corrected chi connectivity index (χ3v) is 5.94. The third-order valence-electron chi connectivity index (χ3n) is 5.94. The molecule has 0 unspecified atom stereocenters. The number of hydrogen-bond acceptors (Lipinski definition) is 5. The number of ether oxygens (including phenoxy) is 2. The third kappa shape index (κ3) is 2.70. The van der Waals surface area contributed by atoms with Crippen LogP contribution in [0.5, 0.6) is 5.88 Å². The van der Waals surface area contributed by atoms with Crippen LogP contribution in [0.25, 0.3) is 5.65 Å². The fourth-order valence-corrected chi connectivity index (χ4v) is 4.58. The number of hydrogen-bond donors (Lipinski definition) is 1. The van der Waals surface area contributed by atoms with E-state index in [9.17, 15) is 9.18 Å². The van der Waals surface area contributed by atoms with Crippen LogP contribution < -0.4 is 10.1 Å². The fraction of sp³-hybridized carbons (Fsp3) is 0.381. The van der Waals surface area contributed by atoms with Gasteiger partial charge in [0.2, 0.25) is 5.65 Å². The van der Waals surface area contributed by atoms with Crippen LogP contribution in [-0.4, -0.2) is 39.6 Å². The van der Waals surface area contributed by atoms with Crippen LogP contribution in [0.2, 0.25) is 0 Å². The zero-order valence-corrected chi connectivity index (χ0v) is 16.5. The Bertz CT molecular complexity index is 1150. The van der Waals surface area contributed by atoms with E-state index in [1.54, 1.807) is 29.7 Å². The number of fused-ring (bicyclic) bond motifs is 2. The fourth-order valence-electron chi connectivity index (χ4n) is 4.58. The van der Waals surface area contributed by atoms with E-state index in [1.165, 1.54) is 13.2 Å². The van der Waals surface area contributed by atoms with Gasteiger partial charge in [-0.15, -0.1) is 0 Å². The van der Waals surface area contributed by atoms with Gasteiger partial charge in [-0.25, -0.2) is 9.37 Å². The molecule has 2 bridgehead atoms. The predicted molar refractivity (Wildman–Crippen MR) is 104 cm³/mol. The molecule has 150 valence electrons. The topological polar surface area (TPSA) is 77.8 Å². The summed E-state index contributed by atoms with van der Waals surface area (Å²) in [5.41, 5.74) is 1.75. The van der Waals surface area contributed by atoms with Gasteiger partial charge in [0.05, 0.1) is 36.8 Å². The van der Waals surface area contributed by atoms with E-state index in [2.05, 4.69) is 17.2 Å². The standard InChI is InChI=1S/C21H21FN4O3/c1-12-5-4-6-13(16(12)22)18(27)24-15-8-26-7-14(23-17(26)19(25-15)28-3)21-9-20(2,10-21)29-11-21/h4-8H,9-11H2,1-3H3,(H,24,27). The lowest BCUT2D eigenvalue weighted by Crippen LogP contribution is -2.45. The molecule has 2 aromatic heterocycles. The molecule has 0 spiro atoms. The molecule has 1 amide bonds. The van der Waals surface area contributed by atoms with Crippen LogP contribution in [0, 0.1) is 12.7 Å². The molecule has 7 nitrogen and oxygen atoms in total. The van der Waals surface area contributed by atoms with Gasteiger partial charge in [0.25, 0.3) is 11.8 Å². The summed E-state index contributed by atoms with van der Waals surface area (Å²) < 4.78 is 27.3. The molecule has 1 aliphatic carbocycles. The van der Waals surface area contributed by atoms with E-state index in [4.69, 9.17) is 14.5 Å². The van der Waals surface area contributed by atoms with Crippen molar-refractivity contribution < 1.29 is 18.7 Å². The Balaban J connectivity index is 1.49. The van der Waals surface area contributed by atoms with Crippen molar-refractivity contribution in [2.24, 2.45) is 0 Å². The second kappa shape index (κ2) is 6.00. The van der Waals surface area contributed by atoms with Crippen molar-refractivity contribution in [3.8, 4) is 5.88 Å². The molecule has 8 heteroatoms. The average molecular weight is 396 g/mol. The molecule has 1 N–H and O–H groups in total. The van der Waals surface area contributed by atoms with Gasteiger partial charge >= 0.3 is 0 Å². The Morgan fingerprint density at radius 2 is 2.10 bits per heavy atom. The number of carbonyl (C=O) groups excluding carboxylic acids is 1. The van der Waals surface area contributed by atoms with E-state index >= 15 is 0 Å². The minimum Gasteiger partial charge on any atom is -0.478 e. The van der Waals surface area contributed by atoms with Crippen molar-refractivity contribution in [2.75, 3.05) is 19.0 Å². The Kier molecular flexibility index (Phi) is 3.73. The van der Waals surface area contributed by atoms with Crippen LogP contribution in [0.15, 0.2) is 30.6 Å². The van der Waals surface area contributed by atoms with Gasteiger partial charge in [0.15, 0.2) is 5.82 Å². The first-order valence-corrected chi connectivity index (χ1v) is 9.47. The maximum atomic E-state index is 14.3. The molecule has 29 heavy (non-hydrogen) atoms. The lowest BCUT2D eigenvalue weighted by Gasteiger charge is -2.41. The first-order chi connectivity index (χ1) is 13.8. The molecule has 3 fully saturated rings. The molecule has 6 rings (SSSR count). The molecular weight excluding hydrogens is 375 g/mol. The number of benzene rings is 1. The van der Waals surface area contributed by atoms with Crippen molar-refractivity contribution in [3.05, 3.63) is 53.2 Å². The lowest BCUT2D eigenvalue weighted by molar-refractivity contribution is 0.0154. The number of amides is 1. The minimum absolute atomic E-state index is 0.0343. The maximum Gasteiger partial charge on any atom is 0.260 e. The molecule has 4 heterocycles.